The molecular weight excluding hydrogens is 254 g/mol. The first-order valence-electron chi connectivity index (χ1n) is 7.35. The highest BCUT2D eigenvalue weighted by molar-refractivity contribution is 7.15. The van der Waals surface area contributed by atoms with Gasteiger partial charge in [-0.1, -0.05) is 19.4 Å². The van der Waals surface area contributed by atoms with Crippen LogP contribution in [0.3, 0.4) is 0 Å². The van der Waals surface area contributed by atoms with Gasteiger partial charge in [-0.2, -0.15) is 0 Å². The van der Waals surface area contributed by atoms with Crippen molar-refractivity contribution in [2.24, 2.45) is 11.7 Å². The Morgan fingerprint density at radius 1 is 1.47 bits per heavy atom. The van der Waals surface area contributed by atoms with Gasteiger partial charge >= 0.3 is 0 Å². The van der Waals surface area contributed by atoms with Gasteiger partial charge in [-0.25, -0.2) is 4.98 Å². The van der Waals surface area contributed by atoms with Crippen molar-refractivity contribution in [3.63, 3.8) is 0 Å². The highest BCUT2D eigenvalue weighted by atomic mass is 32.1. The molecule has 0 aromatic carbocycles. The molecule has 106 valence electrons. The molecule has 0 radical (unpaired) electrons. The first kappa shape index (κ1) is 14.5. The molecule has 2 rings (SSSR count). The fourth-order valence-corrected chi connectivity index (χ4v) is 3.48. The largest absolute Gasteiger partial charge is 0.359 e. The van der Waals surface area contributed by atoms with Gasteiger partial charge < -0.3 is 11.1 Å². The van der Waals surface area contributed by atoms with E-state index in [0.29, 0.717) is 12.0 Å². The molecule has 3 N–H and O–H groups in total. The van der Waals surface area contributed by atoms with Gasteiger partial charge in [0.25, 0.3) is 0 Å². The molecule has 0 bridgehead atoms. The van der Waals surface area contributed by atoms with E-state index in [1.807, 2.05) is 11.3 Å². The molecule has 1 aromatic heterocycles. The van der Waals surface area contributed by atoms with Gasteiger partial charge in [-0.15, -0.1) is 11.3 Å². The van der Waals surface area contributed by atoms with Crippen molar-refractivity contribution in [3.05, 3.63) is 16.6 Å². The smallest absolute Gasteiger partial charge is 0.183 e. The maximum absolute atomic E-state index is 5.75. The second-order valence-electron chi connectivity index (χ2n) is 5.40. The Balaban J connectivity index is 1.83. The van der Waals surface area contributed by atoms with Crippen LogP contribution in [0, 0.1) is 5.92 Å². The minimum atomic E-state index is 0.470. The number of thiazole rings is 1. The third-order valence-electron chi connectivity index (χ3n) is 3.83. The molecule has 3 nitrogen and oxygen atoms in total. The van der Waals surface area contributed by atoms with Crippen molar-refractivity contribution < 1.29 is 0 Å². The lowest BCUT2D eigenvalue weighted by Crippen LogP contribution is -2.19. The Morgan fingerprint density at radius 3 is 3.00 bits per heavy atom. The fourth-order valence-electron chi connectivity index (χ4n) is 2.40. The van der Waals surface area contributed by atoms with Gasteiger partial charge in [0.2, 0.25) is 0 Å². The number of hydrogen-bond acceptors (Lipinski definition) is 4. The molecule has 1 aromatic rings. The summed E-state index contributed by atoms with van der Waals surface area (Å²) < 4.78 is 0. The van der Waals surface area contributed by atoms with E-state index in [1.54, 1.807) is 0 Å². The molecule has 4 heteroatoms. The maximum atomic E-state index is 5.75. The van der Waals surface area contributed by atoms with Gasteiger partial charge in [0.05, 0.1) is 5.69 Å². The number of fused-ring (bicyclic) bond motifs is 1. The maximum Gasteiger partial charge on any atom is 0.183 e. The molecule has 19 heavy (non-hydrogen) atoms. The molecule has 0 fully saturated rings. The van der Waals surface area contributed by atoms with Crippen molar-refractivity contribution in [2.75, 3.05) is 11.9 Å². The van der Waals surface area contributed by atoms with E-state index in [0.717, 1.165) is 30.9 Å². The molecule has 0 unspecified atom stereocenters. The number of allylic oxidation sites excluding steroid dienone is 1. The van der Waals surface area contributed by atoms with E-state index in [4.69, 9.17) is 5.73 Å². The minimum absolute atomic E-state index is 0.470. The second kappa shape index (κ2) is 7.06. The van der Waals surface area contributed by atoms with Crippen LogP contribution in [0.25, 0.3) is 6.08 Å². The molecule has 0 spiro atoms. The summed E-state index contributed by atoms with van der Waals surface area (Å²) in [5, 5.41) is 4.61. The molecule has 0 aliphatic heterocycles. The Kier molecular flexibility index (Phi) is 5.40. The van der Waals surface area contributed by atoms with E-state index in [-0.39, 0.29) is 0 Å². The van der Waals surface area contributed by atoms with Crippen LogP contribution in [-0.4, -0.2) is 17.6 Å². The van der Waals surface area contributed by atoms with Crippen molar-refractivity contribution in [2.45, 2.75) is 52.0 Å². The van der Waals surface area contributed by atoms with Crippen LogP contribution < -0.4 is 11.1 Å². The van der Waals surface area contributed by atoms with Gasteiger partial charge in [-0.3, -0.25) is 0 Å². The number of nitrogens with zero attached hydrogens (tertiary/aromatic N) is 1. The average molecular weight is 279 g/mol. The topological polar surface area (TPSA) is 50.9 Å². The summed E-state index contributed by atoms with van der Waals surface area (Å²) in [5.41, 5.74) is 6.92. The molecular formula is C15H25N3S. The predicted octanol–water partition coefficient (Wildman–Crippen LogP) is 3.67. The Morgan fingerprint density at radius 2 is 2.32 bits per heavy atom. The van der Waals surface area contributed by atoms with Crippen LogP contribution in [0.4, 0.5) is 5.13 Å². The SMILES string of the molecule is CC[C@H](CN)CC[C@H](C)Nc1nc2c(s1)CCC=C2. The van der Waals surface area contributed by atoms with E-state index in [2.05, 4.69) is 36.3 Å². The van der Waals surface area contributed by atoms with E-state index in [1.165, 1.54) is 23.4 Å². The quantitative estimate of drug-likeness (QED) is 0.800. The van der Waals surface area contributed by atoms with Crippen LogP contribution in [0.5, 0.6) is 0 Å². The summed E-state index contributed by atoms with van der Waals surface area (Å²) in [7, 11) is 0. The summed E-state index contributed by atoms with van der Waals surface area (Å²) in [5.74, 6) is 0.664. The lowest BCUT2D eigenvalue weighted by molar-refractivity contribution is 0.450. The lowest BCUT2D eigenvalue weighted by Gasteiger charge is -2.16. The number of nitrogens with one attached hydrogen (secondary N) is 1. The van der Waals surface area contributed by atoms with Crippen LogP contribution in [0.15, 0.2) is 6.08 Å². The first-order valence-corrected chi connectivity index (χ1v) is 8.17. The van der Waals surface area contributed by atoms with Gasteiger partial charge in [0.15, 0.2) is 5.13 Å². The zero-order valence-corrected chi connectivity index (χ0v) is 12.8. The predicted molar refractivity (Wildman–Crippen MR) is 84.6 cm³/mol. The van der Waals surface area contributed by atoms with Crippen molar-refractivity contribution in [1.29, 1.82) is 0 Å². The Labute approximate surface area is 120 Å². The fraction of sp³-hybridized carbons (Fsp3) is 0.667. The van der Waals surface area contributed by atoms with E-state index < -0.39 is 0 Å². The third kappa shape index (κ3) is 4.05. The summed E-state index contributed by atoms with van der Waals surface area (Å²) in [6.45, 7) is 5.26. The van der Waals surface area contributed by atoms with Gasteiger partial charge in [-0.05, 0) is 51.1 Å². The molecule has 0 amide bonds. The highest BCUT2D eigenvalue weighted by Gasteiger charge is 2.13. The number of nitrogens with two attached hydrogens (primary N) is 1. The number of aryl methyl sites for hydroxylation is 1. The summed E-state index contributed by atoms with van der Waals surface area (Å²) in [6.07, 6.45) is 10.2. The van der Waals surface area contributed by atoms with Crippen LogP contribution in [0.2, 0.25) is 0 Å². The summed E-state index contributed by atoms with van der Waals surface area (Å²) in [6, 6.07) is 0.470. The number of anilines is 1. The van der Waals surface area contributed by atoms with E-state index in [9.17, 15) is 0 Å². The molecule has 1 heterocycles. The number of rotatable bonds is 7. The standard InChI is InChI=1S/C15H25N3S/c1-3-12(10-16)9-8-11(2)17-15-18-13-6-4-5-7-14(13)19-15/h4,6,11-12H,3,5,7-10,16H2,1-2H3,(H,17,18)/t11-,12-/m0/s1. The van der Waals surface area contributed by atoms with Crippen molar-refractivity contribution >= 4 is 22.5 Å². The number of aromatic nitrogens is 1. The Hall–Kier alpha value is -0.870. The molecule has 1 aliphatic rings. The lowest BCUT2D eigenvalue weighted by atomic mass is 9.98. The average Bonchev–Trinajstić information content (AvgIpc) is 2.81. The monoisotopic (exact) mass is 279 g/mol. The normalized spacial score (nSPS) is 17.0. The van der Waals surface area contributed by atoms with Gasteiger partial charge in [0.1, 0.15) is 0 Å². The molecule has 2 atom stereocenters. The van der Waals surface area contributed by atoms with Crippen LogP contribution in [-0.2, 0) is 6.42 Å². The van der Waals surface area contributed by atoms with Gasteiger partial charge in [0, 0.05) is 10.9 Å². The molecule has 1 aliphatic carbocycles. The third-order valence-corrected chi connectivity index (χ3v) is 4.89. The summed E-state index contributed by atoms with van der Waals surface area (Å²) >= 11 is 1.81. The minimum Gasteiger partial charge on any atom is -0.359 e. The van der Waals surface area contributed by atoms with Crippen LogP contribution in [0.1, 0.15) is 50.1 Å². The van der Waals surface area contributed by atoms with Crippen molar-refractivity contribution in [1.82, 2.24) is 4.98 Å². The highest BCUT2D eigenvalue weighted by Crippen LogP contribution is 2.29. The molecule has 0 saturated heterocycles. The molecule has 0 saturated carbocycles. The summed E-state index contributed by atoms with van der Waals surface area (Å²) in [4.78, 5) is 6.08. The second-order valence-corrected chi connectivity index (χ2v) is 6.48. The zero-order valence-electron chi connectivity index (χ0n) is 12.0. The van der Waals surface area contributed by atoms with Crippen LogP contribution >= 0.6 is 11.3 Å². The first-order chi connectivity index (χ1) is 9.22. The zero-order chi connectivity index (χ0) is 13.7. The Bertz CT molecular complexity index is 421. The van der Waals surface area contributed by atoms with E-state index >= 15 is 0 Å². The number of hydrogen-bond donors (Lipinski definition) is 2. The van der Waals surface area contributed by atoms with Crippen molar-refractivity contribution in [3.8, 4) is 0 Å².